The Hall–Kier alpha value is -1.53. The number of fused-ring (bicyclic) bond motifs is 1. The first kappa shape index (κ1) is 15.9. The molecule has 7 heteroatoms. The topological polar surface area (TPSA) is 74.6 Å². The average Bonchev–Trinajstić information content (AvgIpc) is 3.14. The Balaban J connectivity index is 0.00000161. The maximum Gasteiger partial charge on any atom is 0.286 e. The zero-order chi connectivity index (χ0) is 13.9. The van der Waals surface area contributed by atoms with Crippen molar-refractivity contribution in [2.24, 2.45) is 11.8 Å². The molecule has 0 bridgehead atoms. The second-order valence-electron chi connectivity index (χ2n) is 5.46. The summed E-state index contributed by atoms with van der Waals surface area (Å²) in [4.78, 5) is 25.6. The van der Waals surface area contributed by atoms with Crippen molar-refractivity contribution in [3.05, 3.63) is 24.2 Å². The summed E-state index contributed by atoms with van der Waals surface area (Å²) in [6.07, 6.45) is 1.80. The number of carbonyl (C=O) groups excluding carboxylic acids is 2. The van der Waals surface area contributed by atoms with Crippen molar-refractivity contribution in [1.82, 2.24) is 15.5 Å². The van der Waals surface area contributed by atoms with Crippen LogP contribution >= 0.6 is 12.4 Å². The molecule has 2 amide bonds. The van der Waals surface area contributed by atoms with Gasteiger partial charge in [0.1, 0.15) is 0 Å². The van der Waals surface area contributed by atoms with Crippen LogP contribution in [0.5, 0.6) is 0 Å². The number of likely N-dealkylation sites (tertiary alicyclic amines) is 1. The van der Waals surface area contributed by atoms with Crippen LogP contribution in [0, 0.1) is 11.8 Å². The molecule has 0 saturated carbocycles. The third kappa shape index (κ3) is 3.57. The van der Waals surface area contributed by atoms with Crippen molar-refractivity contribution < 1.29 is 14.0 Å². The number of amides is 2. The number of rotatable bonds is 4. The lowest BCUT2D eigenvalue weighted by Crippen LogP contribution is -2.34. The van der Waals surface area contributed by atoms with Crippen LogP contribution < -0.4 is 10.6 Å². The van der Waals surface area contributed by atoms with Gasteiger partial charge in [0.2, 0.25) is 5.91 Å². The first-order valence-corrected chi connectivity index (χ1v) is 7.04. The highest BCUT2D eigenvalue weighted by Crippen LogP contribution is 2.26. The summed E-state index contributed by atoms with van der Waals surface area (Å²) in [6, 6.07) is 3.27. The number of carbonyl (C=O) groups is 2. The van der Waals surface area contributed by atoms with Crippen molar-refractivity contribution in [1.29, 1.82) is 0 Å². The Morgan fingerprint density at radius 1 is 1.33 bits per heavy atom. The Kier molecular flexibility index (Phi) is 5.25. The summed E-state index contributed by atoms with van der Waals surface area (Å²) < 4.78 is 4.99. The molecule has 2 N–H and O–H groups in total. The predicted molar refractivity (Wildman–Crippen MR) is 79.3 cm³/mol. The summed E-state index contributed by atoms with van der Waals surface area (Å²) in [5.41, 5.74) is 0. The van der Waals surface area contributed by atoms with Crippen molar-refractivity contribution in [3.8, 4) is 0 Å². The number of hydrogen-bond acceptors (Lipinski definition) is 4. The number of nitrogens with zero attached hydrogens (tertiary/aromatic N) is 1. The minimum absolute atomic E-state index is 0. The number of nitrogens with one attached hydrogen (secondary N) is 2. The highest BCUT2D eigenvalue weighted by atomic mass is 35.5. The fraction of sp³-hybridized carbons (Fsp3) is 0.571. The molecule has 21 heavy (non-hydrogen) atoms. The van der Waals surface area contributed by atoms with Gasteiger partial charge in [-0.1, -0.05) is 0 Å². The summed E-state index contributed by atoms with van der Waals surface area (Å²) in [6.45, 7) is 4.08. The van der Waals surface area contributed by atoms with Crippen LogP contribution in [-0.2, 0) is 4.79 Å². The van der Waals surface area contributed by atoms with Crippen LogP contribution in [0.2, 0.25) is 0 Å². The highest BCUT2D eigenvalue weighted by molar-refractivity contribution is 5.91. The molecule has 2 aliphatic heterocycles. The molecule has 6 nitrogen and oxygen atoms in total. The normalized spacial score (nSPS) is 23.5. The Morgan fingerprint density at radius 2 is 2.05 bits per heavy atom. The Morgan fingerprint density at radius 3 is 2.67 bits per heavy atom. The molecular weight excluding hydrogens is 294 g/mol. The van der Waals surface area contributed by atoms with E-state index in [0.29, 0.717) is 24.8 Å². The summed E-state index contributed by atoms with van der Waals surface area (Å²) in [7, 11) is 0. The van der Waals surface area contributed by atoms with Crippen LogP contribution in [0.25, 0.3) is 0 Å². The summed E-state index contributed by atoms with van der Waals surface area (Å²) >= 11 is 0. The third-order valence-corrected chi connectivity index (χ3v) is 4.11. The van der Waals surface area contributed by atoms with Crippen LogP contribution in [0.15, 0.2) is 22.8 Å². The van der Waals surface area contributed by atoms with Gasteiger partial charge in [-0.15, -0.1) is 12.4 Å². The second kappa shape index (κ2) is 6.95. The van der Waals surface area contributed by atoms with E-state index in [9.17, 15) is 9.59 Å². The lowest BCUT2D eigenvalue weighted by atomic mass is 10.0. The standard InChI is InChI=1S/C14H19N3O3.ClH/c18-13(17-8-10-6-15-7-11(10)9-17)3-4-16-14(19)12-2-1-5-20-12;/h1-2,5,10-11,15H,3-4,6-9H2,(H,16,19);1H/t10-,11+;. The zero-order valence-electron chi connectivity index (χ0n) is 11.7. The van der Waals surface area contributed by atoms with Crippen LogP contribution in [0.1, 0.15) is 17.0 Å². The second-order valence-corrected chi connectivity index (χ2v) is 5.46. The van der Waals surface area contributed by atoms with Crippen LogP contribution in [0.4, 0.5) is 0 Å². The van der Waals surface area contributed by atoms with Gasteiger partial charge in [-0.25, -0.2) is 0 Å². The van der Waals surface area contributed by atoms with Gasteiger partial charge in [-0.05, 0) is 24.0 Å². The highest BCUT2D eigenvalue weighted by Gasteiger charge is 2.37. The molecule has 2 fully saturated rings. The molecule has 0 aliphatic carbocycles. The Labute approximate surface area is 129 Å². The summed E-state index contributed by atoms with van der Waals surface area (Å²) in [5, 5.41) is 6.05. The van der Waals surface area contributed by atoms with Crippen LogP contribution in [0.3, 0.4) is 0 Å². The molecule has 3 heterocycles. The molecule has 0 spiro atoms. The molecule has 0 aromatic carbocycles. The predicted octanol–water partition coefficient (Wildman–Crippen LogP) is 0.499. The number of furan rings is 1. The molecule has 0 unspecified atom stereocenters. The van der Waals surface area contributed by atoms with Gasteiger partial charge in [0.05, 0.1) is 6.26 Å². The minimum atomic E-state index is -0.273. The molecule has 116 valence electrons. The molecule has 1 aromatic heterocycles. The van der Waals surface area contributed by atoms with Crippen molar-refractivity contribution in [2.45, 2.75) is 6.42 Å². The first-order valence-electron chi connectivity index (χ1n) is 7.04. The van der Waals surface area contributed by atoms with Gasteiger partial charge in [-0.3, -0.25) is 9.59 Å². The van der Waals surface area contributed by atoms with Crippen molar-refractivity contribution >= 4 is 24.2 Å². The lowest BCUT2D eigenvalue weighted by molar-refractivity contribution is -0.130. The van der Waals surface area contributed by atoms with E-state index >= 15 is 0 Å². The van der Waals surface area contributed by atoms with Gasteiger partial charge in [0.25, 0.3) is 5.91 Å². The van der Waals surface area contributed by atoms with Crippen LogP contribution in [-0.4, -0.2) is 49.4 Å². The maximum absolute atomic E-state index is 12.1. The average molecular weight is 314 g/mol. The molecular formula is C14H20ClN3O3. The van der Waals surface area contributed by atoms with E-state index < -0.39 is 0 Å². The molecule has 1 aromatic rings. The van der Waals surface area contributed by atoms with Crippen molar-refractivity contribution in [2.75, 3.05) is 32.7 Å². The quantitative estimate of drug-likeness (QED) is 0.849. The summed E-state index contributed by atoms with van der Waals surface area (Å²) in [5.74, 6) is 1.34. The van der Waals surface area contributed by atoms with E-state index in [2.05, 4.69) is 10.6 Å². The van der Waals surface area contributed by atoms with Gasteiger partial charge >= 0.3 is 0 Å². The molecule has 3 rings (SSSR count). The fourth-order valence-corrected chi connectivity index (χ4v) is 2.99. The molecule has 2 aliphatic rings. The van der Waals surface area contributed by atoms with Gasteiger partial charge in [0, 0.05) is 39.1 Å². The number of halogens is 1. The van der Waals surface area contributed by atoms with Gasteiger partial charge in [-0.2, -0.15) is 0 Å². The van der Waals surface area contributed by atoms with Gasteiger partial charge < -0.3 is 20.0 Å². The van der Waals surface area contributed by atoms with E-state index in [1.165, 1.54) is 6.26 Å². The number of hydrogen-bond donors (Lipinski definition) is 2. The Bertz CT molecular complexity index is 480. The monoisotopic (exact) mass is 313 g/mol. The van der Waals surface area contributed by atoms with E-state index in [4.69, 9.17) is 4.42 Å². The van der Waals surface area contributed by atoms with E-state index in [1.54, 1.807) is 12.1 Å². The van der Waals surface area contributed by atoms with E-state index in [0.717, 1.165) is 26.2 Å². The van der Waals surface area contributed by atoms with Crippen molar-refractivity contribution in [3.63, 3.8) is 0 Å². The molecule has 2 saturated heterocycles. The third-order valence-electron chi connectivity index (χ3n) is 4.11. The van der Waals surface area contributed by atoms with E-state index in [-0.39, 0.29) is 30.0 Å². The lowest BCUT2D eigenvalue weighted by Gasteiger charge is -2.17. The molecule has 2 atom stereocenters. The van der Waals surface area contributed by atoms with E-state index in [1.807, 2.05) is 4.90 Å². The largest absolute Gasteiger partial charge is 0.459 e. The SMILES string of the molecule is Cl.O=C(NCCC(=O)N1C[C@H]2CNC[C@H]2C1)c1ccco1. The molecule has 0 radical (unpaired) electrons. The first-order chi connectivity index (χ1) is 9.74. The smallest absolute Gasteiger partial charge is 0.286 e. The zero-order valence-corrected chi connectivity index (χ0v) is 12.5. The minimum Gasteiger partial charge on any atom is -0.459 e. The maximum atomic E-state index is 12.1. The fourth-order valence-electron chi connectivity index (χ4n) is 2.99. The van der Waals surface area contributed by atoms with Gasteiger partial charge in [0.15, 0.2) is 5.76 Å².